The van der Waals surface area contributed by atoms with Crippen LogP contribution >= 0.6 is 0 Å². The smallest absolute Gasteiger partial charge is 0.324 e. The third-order valence-electron chi connectivity index (χ3n) is 5.95. The van der Waals surface area contributed by atoms with Gasteiger partial charge in [-0.05, 0) is 43.4 Å². The van der Waals surface area contributed by atoms with Crippen LogP contribution in [0, 0.1) is 0 Å². The molecule has 2 heterocycles. The maximum absolute atomic E-state index is 12.9. The summed E-state index contributed by atoms with van der Waals surface area (Å²) in [6.07, 6.45) is 2.81. The van der Waals surface area contributed by atoms with Gasteiger partial charge in [0.2, 0.25) is 5.91 Å². The Bertz CT molecular complexity index is 759. The summed E-state index contributed by atoms with van der Waals surface area (Å²) in [5, 5.41) is 5.54. The number of rotatable bonds is 9. The average Bonchev–Trinajstić information content (AvgIpc) is 3.04. The van der Waals surface area contributed by atoms with E-state index in [1.807, 2.05) is 31.2 Å². The molecule has 4 amide bonds. The van der Waals surface area contributed by atoms with Crippen LogP contribution in [-0.2, 0) is 19.7 Å². The van der Waals surface area contributed by atoms with Gasteiger partial charge < -0.3 is 20.1 Å². The van der Waals surface area contributed by atoms with E-state index >= 15 is 0 Å². The summed E-state index contributed by atoms with van der Waals surface area (Å²) in [4.78, 5) is 38.7. The highest BCUT2D eigenvalue weighted by molar-refractivity contribution is 6.04. The van der Waals surface area contributed by atoms with Gasteiger partial charge in [0, 0.05) is 38.1 Å². The summed E-state index contributed by atoms with van der Waals surface area (Å²) in [7, 11) is 1.62. The van der Waals surface area contributed by atoms with Crippen LogP contribution in [0.25, 0.3) is 0 Å². The number of urea groups is 1. The summed E-state index contributed by atoms with van der Waals surface area (Å²) in [6, 6.07) is 6.75. The first-order valence-corrected chi connectivity index (χ1v) is 10.6. The van der Waals surface area contributed by atoms with Crippen LogP contribution < -0.4 is 15.4 Å². The van der Waals surface area contributed by atoms with Gasteiger partial charge in [0.15, 0.2) is 0 Å². The number of benzene rings is 1. The van der Waals surface area contributed by atoms with Crippen LogP contribution in [-0.4, -0.2) is 62.2 Å². The highest BCUT2D eigenvalue weighted by atomic mass is 16.5. The van der Waals surface area contributed by atoms with Gasteiger partial charge in [-0.25, -0.2) is 4.79 Å². The second-order valence-electron chi connectivity index (χ2n) is 7.94. The van der Waals surface area contributed by atoms with Crippen molar-refractivity contribution in [1.29, 1.82) is 0 Å². The number of nitrogens with one attached hydrogen (secondary N) is 2. The molecule has 0 bridgehead atoms. The van der Waals surface area contributed by atoms with E-state index in [0.717, 1.165) is 30.6 Å². The third kappa shape index (κ3) is 4.92. The zero-order chi connectivity index (χ0) is 21.6. The fraction of sp³-hybridized carbons (Fsp3) is 0.591. The lowest BCUT2D eigenvalue weighted by Gasteiger charge is -2.39. The predicted molar refractivity (Wildman–Crippen MR) is 111 cm³/mol. The molecule has 8 nitrogen and oxygen atoms in total. The summed E-state index contributed by atoms with van der Waals surface area (Å²) >= 11 is 0. The highest BCUT2D eigenvalue weighted by Gasteiger charge is 2.44. The van der Waals surface area contributed by atoms with Crippen LogP contribution in [0.5, 0.6) is 5.75 Å². The first-order chi connectivity index (χ1) is 14.5. The Morgan fingerprint density at radius 1 is 1.27 bits per heavy atom. The predicted octanol–water partition coefficient (Wildman–Crippen LogP) is 1.97. The number of carbonyl (C=O) groups excluding carboxylic acids is 3. The molecule has 8 heteroatoms. The van der Waals surface area contributed by atoms with Gasteiger partial charge in [0.25, 0.3) is 5.91 Å². The van der Waals surface area contributed by atoms with Gasteiger partial charge in [-0.3, -0.25) is 14.5 Å². The third-order valence-corrected chi connectivity index (χ3v) is 5.95. The first kappa shape index (κ1) is 22.1. The molecule has 0 aliphatic carbocycles. The quantitative estimate of drug-likeness (QED) is 0.599. The van der Waals surface area contributed by atoms with Gasteiger partial charge in [0.1, 0.15) is 11.8 Å². The lowest BCUT2D eigenvalue weighted by molar-refractivity contribution is -0.129. The molecule has 164 valence electrons. The zero-order valence-electron chi connectivity index (χ0n) is 17.7. The molecule has 30 heavy (non-hydrogen) atoms. The monoisotopic (exact) mass is 417 g/mol. The second-order valence-corrected chi connectivity index (χ2v) is 7.94. The van der Waals surface area contributed by atoms with Crippen molar-refractivity contribution in [2.24, 2.45) is 0 Å². The molecule has 0 radical (unpaired) electrons. The lowest BCUT2D eigenvalue weighted by atomic mass is 9.73. The summed E-state index contributed by atoms with van der Waals surface area (Å²) < 4.78 is 10.8. The van der Waals surface area contributed by atoms with E-state index in [1.54, 1.807) is 7.11 Å². The van der Waals surface area contributed by atoms with Crippen molar-refractivity contribution < 1.29 is 23.9 Å². The lowest BCUT2D eigenvalue weighted by Crippen LogP contribution is -2.47. The Balaban J connectivity index is 1.70. The minimum atomic E-state index is -0.655. The van der Waals surface area contributed by atoms with Crippen LogP contribution in [0.15, 0.2) is 24.3 Å². The molecular weight excluding hydrogens is 386 g/mol. The highest BCUT2D eigenvalue weighted by Crippen LogP contribution is 2.37. The minimum Gasteiger partial charge on any atom is -0.497 e. The number of hydrogen-bond acceptors (Lipinski definition) is 5. The molecular formula is C22H31N3O5. The van der Waals surface area contributed by atoms with E-state index in [4.69, 9.17) is 9.47 Å². The average molecular weight is 418 g/mol. The number of ether oxygens (including phenoxy) is 2. The van der Waals surface area contributed by atoms with Gasteiger partial charge in [0.05, 0.1) is 7.11 Å². The van der Waals surface area contributed by atoms with Crippen LogP contribution in [0.2, 0.25) is 0 Å². The van der Waals surface area contributed by atoms with Gasteiger partial charge in [-0.2, -0.15) is 0 Å². The maximum atomic E-state index is 12.9. The summed E-state index contributed by atoms with van der Waals surface area (Å²) in [5.74, 6) is 0.400. The molecule has 2 saturated heterocycles. The van der Waals surface area contributed by atoms with Crippen LogP contribution in [0.4, 0.5) is 4.79 Å². The van der Waals surface area contributed by atoms with E-state index in [2.05, 4.69) is 10.6 Å². The molecule has 0 spiro atoms. The van der Waals surface area contributed by atoms with Crippen molar-refractivity contribution in [3.63, 3.8) is 0 Å². The van der Waals surface area contributed by atoms with Crippen molar-refractivity contribution in [3.05, 3.63) is 29.8 Å². The van der Waals surface area contributed by atoms with E-state index in [1.165, 1.54) is 4.90 Å². The van der Waals surface area contributed by atoms with Gasteiger partial charge in [-0.15, -0.1) is 0 Å². The van der Waals surface area contributed by atoms with Gasteiger partial charge >= 0.3 is 6.03 Å². The van der Waals surface area contributed by atoms with E-state index in [-0.39, 0.29) is 23.7 Å². The molecule has 1 aromatic rings. The fourth-order valence-electron chi connectivity index (χ4n) is 4.10. The number of amides is 4. The Labute approximate surface area is 177 Å². The molecule has 2 N–H and O–H groups in total. The minimum absolute atomic E-state index is 0.100. The molecule has 1 aromatic carbocycles. The molecule has 2 aliphatic rings. The fourth-order valence-corrected chi connectivity index (χ4v) is 4.10. The van der Waals surface area contributed by atoms with E-state index < -0.39 is 12.1 Å². The van der Waals surface area contributed by atoms with Crippen LogP contribution in [0.1, 0.15) is 44.6 Å². The van der Waals surface area contributed by atoms with Crippen molar-refractivity contribution >= 4 is 17.8 Å². The Morgan fingerprint density at radius 3 is 2.60 bits per heavy atom. The Hall–Kier alpha value is -2.61. The number of nitrogens with zero attached hydrogens (tertiary/aromatic N) is 1. The van der Waals surface area contributed by atoms with Crippen molar-refractivity contribution in [3.8, 4) is 5.75 Å². The molecule has 0 unspecified atom stereocenters. The number of imide groups is 1. The first-order valence-electron chi connectivity index (χ1n) is 10.6. The Morgan fingerprint density at radius 2 is 1.97 bits per heavy atom. The zero-order valence-corrected chi connectivity index (χ0v) is 17.7. The van der Waals surface area contributed by atoms with Crippen molar-refractivity contribution in [2.45, 2.75) is 50.5 Å². The molecule has 0 aromatic heterocycles. The maximum Gasteiger partial charge on any atom is 0.324 e. The normalized spacial score (nSPS) is 20.7. The topological polar surface area (TPSA) is 97.0 Å². The SMILES string of the molecule is CCCNC(=O)CC[C@@H]1NC(=O)N(CC2(c3ccc(OC)cc3)CCOCC2)C1=O. The van der Waals surface area contributed by atoms with E-state index in [0.29, 0.717) is 32.7 Å². The second kappa shape index (κ2) is 9.93. The molecule has 0 saturated carbocycles. The van der Waals surface area contributed by atoms with Gasteiger partial charge in [-0.1, -0.05) is 19.1 Å². The largest absolute Gasteiger partial charge is 0.497 e. The van der Waals surface area contributed by atoms with Crippen molar-refractivity contribution in [2.75, 3.05) is 33.4 Å². The van der Waals surface area contributed by atoms with Crippen LogP contribution in [0.3, 0.4) is 0 Å². The number of methoxy groups -OCH3 is 1. The summed E-state index contributed by atoms with van der Waals surface area (Å²) in [5.41, 5.74) is 0.708. The number of carbonyl (C=O) groups is 3. The Kier molecular flexibility index (Phi) is 7.31. The standard InChI is InChI=1S/C22H31N3O5/c1-3-12-23-19(26)9-8-18-20(27)25(21(28)24-18)15-22(10-13-30-14-11-22)16-4-6-17(29-2)7-5-16/h4-7,18H,3,8-15H2,1-2H3,(H,23,26)(H,24,28)/t18-/m0/s1. The molecule has 1 atom stereocenters. The summed E-state index contributed by atoms with van der Waals surface area (Å²) in [6.45, 7) is 4.05. The molecule has 3 rings (SSSR count). The molecule has 2 aliphatic heterocycles. The number of hydrogen-bond donors (Lipinski definition) is 2. The van der Waals surface area contributed by atoms with Crippen molar-refractivity contribution in [1.82, 2.24) is 15.5 Å². The van der Waals surface area contributed by atoms with E-state index in [9.17, 15) is 14.4 Å². The molecule has 2 fully saturated rings.